The standard InChI is InChI=1S/C34H43N9O3/c1-7-42(8-2)26-14-12-24(29(44)18-26)21-35-40-32-20-33(39-34(38-32)37-28-17-23(5)11-16-31(28)46-6)41-36-22-25-13-15-27(19-30(25)45)43(9-3)10-4/h11-22,44-45H,7-10H2,1-6H3,(H3,37,38,39,40,41). The number of methoxy groups -OCH3 is 1. The summed E-state index contributed by atoms with van der Waals surface area (Å²) in [6.45, 7) is 13.6. The van der Waals surface area contributed by atoms with Crippen LogP contribution in [0.25, 0.3) is 0 Å². The van der Waals surface area contributed by atoms with Crippen LogP contribution in [0.4, 0.5) is 34.6 Å². The van der Waals surface area contributed by atoms with E-state index >= 15 is 0 Å². The molecular formula is C34H43N9O3. The lowest BCUT2D eigenvalue weighted by Gasteiger charge is -2.21. The van der Waals surface area contributed by atoms with Crippen LogP contribution in [-0.4, -0.2) is 65.9 Å². The summed E-state index contributed by atoms with van der Waals surface area (Å²) in [6, 6.07) is 18.4. The highest BCUT2D eigenvalue weighted by Gasteiger charge is 2.10. The molecule has 12 heteroatoms. The van der Waals surface area contributed by atoms with E-state index in [1.165, 1.54) is 12.4 Å². The Bertz CT molecular complexity index is 1580. The quantitative estimate of drug-likeness (QED) is 0.0731. The molecule has 5 N–H and O–H groups in total. The Morgan fingerprint density at radius 3 is 1.65 bits per heavy atom. The molecule has 0 radical (unpaired) electrons. The molecule has 0 unspecified atom stereocenters. The van der Waals surface area contributed by atoms with Crippen molar-refractivity contribution in [2.24, 2.45) is 10.2 Å². The third-order valence-electron chi connectivity index (χ3n) is 7.38. The number of nitrogens with one attached hydrogen (secondary N) is 3. The smallest absolute Gasteiger partial charge is 0.231 e. The van der Waals surface area contributed by atoms with E-state index in [-0.39, 0.29) is 17.4 Å². The highest BCUT2D eigenvalue weighted by atomic mass is 16.5. The highest BCUT2D eigenvalue weighted by Crippen LogP contribution is 2.29. The van der Waals surface area contributed by atoms with E-state index in [4.69, 9.17) is 4.74 Å². The van der Waals surface area contributed by atoms with Crippen molar-refractivity contribution in [1.29, 1.82) is 0 Å². The number of hydrogen-bond donors (Lipinski definition) is 5. The normalized spacial score (nSPS) is 11.2. The fourth-order valence-electron chi connectivity index (χ4n) is 4.85. The summed E-state index contributed by atoms with van der Waals surface area (Å²) < 4.78 is 5.51. The third kappa shape index (κ3) is 8.56. The molecular weight excluding hydrogens is 582 g/mol. The predicted molar refractivity (Wildman–Crippen MR) is 189 cm³/mol. The first-order chi connectivity index (χ1) is 22.3. The molecule has 0 amide bonds. The monoisotopic (exact) mass is 625 g/mol. The molecule has 0 bridgehead atoms. The van der Waals surface area contributed by atoms with E-state index in [1.807, 2.05) is 49.4 Å². The minimum atomic E-state index is 0.122. The Morgan fingerprint density at radius 2 is 1.22 bits per heavy atom. The lowest BCUT2D eigenvalue weighted by atomic mass is 10.2. The average Bonchev–Trinajstić information content (AvgIpc) is 3.04. The summed E-state index contributed by atoms with van der Waals surface area (Å²) >= 11 is 0. The van der Waals surface area contributed by atoms with Gasteiger partial charge in [-0.15, -0.1) is 0 Å². The molecule has 0 fully saturated rings. The second-order valence-corrected chi connectivity index (χ2v) is 10.4. The summed E-state index contributed by atoms with van der Waals surface area (Å²) in [7, 11) is 1.60. The first kappa shape index (κ1) is 33.4. The van der Waals surface area contributed by atoms with Gasteiger partial charge in [0.1, 0.15) is 17.2 Å². The molecule has 4 aromatic rings. The van der Waals surface area contributed by atoms with E-state index in [0.29, 0.717) is 34.2 Å². The van der Waals surface area contributed by atoms with Crippen molar-refractivity contribution >= 4 is 47.1 Å². The molecule has 0 saturated heterocycles. The van der Waals surface area contributed by atoms with Crippen LogP contribution >= 0.6 is 0 Å². The molecule has 0 saturated carbocycles. The van der Waals surface area contributed by atoms with Gasteiger partial charge in [-0.3, -0.25) is 10.9 Å². The number of aromatic hydroxyl groups is 2. The number of hydrogen-bond acceptors (Lipinski definition) is 12. The molecule has 1 heterocycles. The van der Waals surface area contributed by atoms with Crippen LogP contribution in [0.15, 0.2) is 70.9 Å². The lowest BCUT2D eigenvalue weighted by Crippen LogP contribution is -2.21. The van der Waals surface area contributed by atoms with Gasteiger partial charge in [0, 0.05) is 66.9 Å². The number of ether oxygens (including phenoxy) is 1. The largest absolute Gasteiger partial charge is 0.507 e. The first-order valence-electron chi connectivity index (χ1n) is 15.3. The zero-order valence-corrected chi connectivity index (χ0v) is 27.2. The number of rotatable bonds is 15. The van der Waals surface area contributed by atoms with Gasteiger partial charge in [0.05, 0.1) is 25.2 Å². The molecule has 0 aliphatic heterocycles. The second-order valence-electron chi connectivity index (χ2n) is 10.4. The van der Waals surface area contributed by atoms with E-state index in [2.05, 4.69) is 73.8 Å². The number of aryl methyl sites for hydroxylation is 1. The van der Waals surface area contributed by atoms with Crippen LogP contribution < -0.4 is 30.7 Å². The van der Waals surface area contributed by atoms with Crippen LogP contribution in [0, 0.1) is 6.92 Å². The fourth-order valence-corrected chi connectivity index (χ4v) is 4.85. The summed E-state index contributed by atoms with van der Waals surface area (Å²) in [5.41, 5.74) is 10.5. The number of nitrogens with zero attached hydrogens (tertiary/aromatic N) is 6. The summed E-state index contributed by atoms with van der Waals surface area (Å²) in [6.07, 6.45) is 3.05. The Morgan fingerprint density at radius 1 is 0.717 bits per heavy atom. The Balaban J connectivity index is 1.58. The van der Waals surface area contributed by atoms with Gasteiger partial charge in [0.25, 0.3) is 0 Å². The molecule has 0 aliphatic carbocycles. The van der Waals surface area contributed by atoms with Crippen molar-refractivity contribution in [1.82, 2.24) is 9.97 Å². The predicted octanol–water partition coefficient (Wildman–Crippen LogP) is 6.53. The lowest BCUT2D eigenvalue weighted by molar-refractivity contribution is 0.416. The number of aromatic nitrogens is 2. The van der Waals surface area contributed by atoms with Crippen LogP contribution in [-0.2, 0) is 0 Å². The van der Waals surface area contributed by atoms with Crippen molar-refractivity contribution in [2.45, 2.75) is 34.6 Å². The molecule has 4 rings (SSSR count). The number of phenols is 2. The number of benzene rings is 3. The van der Waals surface area contributed by atoms with Gasteiger partial charge in [-0.2, -0.15) is 20.2 Å². The van der Waals surface area contributed by atoms with Gasteiger partial charge in [0.2, 0.25) is 5.95 Å². The molecule has 12 nitrogen and oxygen atoms in total. The number of hydrazone groups is 2. The molecule has 1 aromatic heterocycles. The Labute approximate surface area is 270 Å². The Kier molecular flexibility index (Phi) is 11.6. The van der Waals surface area contributed by atoms with Crippen molar-refractivity contribution in [3.8, 4) is 17.2 Å². The van der Waals surface area contributed by atoms with Crippen LogP contribution in [0.1, 0.15) is 44.4 Å². The SMILES string of the molecule is CCN(CC)c1ccc(C=NNc2cc(NN=Cc3ccc(N(CC)CC)cc3O)nc(Nc3cc(C)ccc3OC)n2)c(O)c1. The van der Waals surface area contributed by atoms with Crippen molar-refractivity contribution in [2.75, 3.05) is 59.3 Å². The van der Waals surface area contributed by atoms with E-state index in [1.54, 1.807) is 25.3 Å². The molecule has 0 spiro atoms. The molecule has 3 aromatic carbocycles. The zero-order chi connectivity index (χ0) is 33.1. The minimum absolute atomic E-state index is 0.122. The summed E-state index contributed by atoms with van der Waals surface area (Å²) in [4.78, 5) is 13.4. The Hall–Kier alpha value is -5.52. The van der Waals surface area contributed by atoms with Crippen LogP contribution in [0.3, 0.4) is 0 Å². The topological polar surface area (TPSA) is 143 Å². The van der Waals surface area contributed by atoms with E-state index in [0.717, 1.165) is 43.1 Å². The average molecular weight is 626 g/mol. The summed E-state index contributed by atoms with van der Waals surface area (Å²) in [5, 5.41) is 33.0. The van der Waals surface area contributed by atoms with Crippen LogP contribution in [0.5, 0.6) is 17.2 Å². The van der Waals surface area contributed by atoms with Gasteiger partial charge in [0.15, 0.2) is 11.6 Å². The van der Waals surface area contributed by atoms with E-state index < -0.39 is 0 Å². The second kappa shape index (κ2) is 16.0. The maximum absolute atomic E-state index is 10.6. The minimum Gasteiger partial charge on any atom is -0.507 e. The summed E-state index contributed by atoms with van der Waals surface area (Å²) in [5.74, 6) is 1.87. The number of phenolic OH excluding ortho intramolecular Hbond substituents is 2. The van der Waals surface area contributed by atoms with Crippen LogP contribution in [0.2, 0.25) is 0 Å². The maximum Gasteiger partial charge on any atom is 0.231 e. The zero-order valence-electron chi connectivity index (χ0n) is 27.2. The third-order valence-corrected chi connectivity index (χ3v) is 7.38. The van der Waals surface area contributed by atoms with Crippen molar-refractivity contribution in [3.63, 3.8) is 0 Å². The van der Waals surface area contributed by atoms with Gasteiger partial charge >= 0.3 is 0 Å². The molecule has 242 valence electrons. The molecule has 46 heavy (non-hydrogen) atoms. The maximum atomic E-state index is 10.6. The van der Waals surface area contributed by atoms with Crippen molar-refractivity contribution < 1.29 is 14.9 Å². The number of anilines is 6. The van der Waals surface area contributed by atoms with Gasteiger partial charge in [-0.1, -0.05) is 6.07 Å². The molecule has 0 aliphatic rings. The van der Waals surface area contributed by atoms with Gasteiger partial charge < -0.3 is 30.1 Å². The van der Waals surface area contributed by atoms with Gasteiger partial charge in [-0.25, -0.2) is 0 Å². The van der Waals surface area contributed by atoms with Crippen molar-refractivity contribution in [3.05, 3.63) is 77.4 Å². The first-order valence-corrected chi connectivity index (χ1v) is 15.3. The van der Waals surface area contributed by atoms with E-state index in [9.17, 15) is 10.2 Å². The highest BCUT2D eigenvalue weighted by molar-refractivity contribution is 5.86. The molecule has 0 atom stereocenters. The fraction of sp³-hybridized carbons (Fsp3) is 0.294. The van der Waals surface area contributed by atoms with Gasteiger partial charge in [-0.05, 0) is 76.6 Å².